The van der Waals surface area contributed by atoms with Gasteiger partial charge in [-0.15, -0.1) is 0 Å². The lowest BCUT2D eigenvalue weighted by atomic mass is 9.91. The Bertz CT molecular complexity index is 154. The first kappa shape index (κ1) is 17.7. The fourth-order valence-corrected chi connectivity index (χ4v) is 3.70. The standard InChI is InChI=1S/C15H32S2/c1-14(2,3)9-7-11-16-13-17-12-8-10-15(4,5)6/h7-13H2,1-6H3. The highest BCUT2D eigenvalue weighted by Crippen LogP contribution is 2.25. The van der Waals surface area contributed by atoms with Crippen molar-refractivity contribution in [2.45, 2.75) is 67.2 Å². The molecule has 0 aliphatic rings. The van der Waals surface area contributed by atoms with Crippen molar-refractivity contribution in [2.75, 3.05) is 16.6 Å². The van der Waals surface area contributed by atoms with E-state index in [1.54, 1.807) is 0 Å². The van der Waals surface area contributed by atoms with Crippen molar-refractivity contribution in [1.82, 2.24) is 0 Å². The topological polar surface area (TPSA) is 0 Å². The van der Waals surface area contributed by atoms with Crippen LogP contribution in [-0.2, 0) is 0 Å². The number of hydrogen-bond acceptors (Lipinski definition) is 2. The molecule has 0 spiro atoms. The van der Waals surface area contributed by atoms with E-state index in [9.17, 15) is 0 Å². The molecular formula is C15H32S2. The van der Waals surface area contributed by atoms with Gasteiger partial charge in [-0.25, -0.2) is 0 Å². The summed E-state index contributed by atoms with van der Waals surface area (Å²) in [6.07, 6.45) is 5.46. The normalized spacial score (nSPS) is 13.1. The molecule has 0 fully saturated rings. The summed E-state index contributed by atoms with van der Waals surface area (Å²) >= 11 is 4.23. The van der Waals surface area contributed by atoms with Gasteiger partial charge in [0.25, 0.3) is 0 Å². The highest BCUT2D eigenvalue weighted by Gasteiger charge is 2.09. The first-order valence-corrected chi connectivity index (χ1v) is 9.17. The van der Waals surface area contributed by atoms with Crippen molar-refractivity contribution >= 4 is 23.5 Å². The van der Waals surface area contributed by atoms with Crippen LogP contribution in [0.4, 0.5) is 0 Å². The Hall–Kier alpha value is 0.700. The summed E-state index contributed by atoms with van der Waals surface area (Å²) in [4.78, 5) is 0. The molecule has 0 aliphatic heterocycles. The van der Waals surface area contributed by atoms with E-state index in [0.29, 0.717) is 10.8 Å². The van der Waals surface area contributed by atoms with Crippen LogP contribution in [0.1, 0.15) is 67.2 Å². The van der Waals surface area contributed by atoms with Crippen molar-refractivity contribution in [3.8, 4) is 0 Å². The highest BCUT2D eigenvalue weighted by molar-refractivity contribution is 8.15. The molecule has 0 saturated carbocycles. The fourth-order valence-electron chi connectivity index (χ4n) is 1.59. The third-order valence-electron chi connectivity index (χ3n) is 2.60. The van der Waals surface area contributed by atoms with E-state index < -0.39 is 0 Å². The van der Waals surface area contributed by atoms with Crippen LogP contribution in [0.5, 0.6) is 0 Å². The van der Waals surface area contributed by atoms with Crippen molar-refractivity contribution in [2.24, 2.45) is 10.8 Å². The highest BCUT2D eigenvalue weighted by atomic mass is 32.2. The van der Waals surface area contributed by atoms with Crippen molar-refractivity contribution < 1.29 is 0 Å². The fraction of sp³-hybridized carbons (Fsp3) is 1.00. The average Bonchev–Trinajstić information content (AvgIpc) is 2.11. The molecular weight excluding hydrogens is 244 g/mol. The molecule has 0 heterocycles. The molecule has 0 aromatic carbocycles. The summed E-state index contributed by atoms with van der Waals surface area (Å²) in [5, 5.41) is 1.29. The SMILES string of the molecule is CC(C)(C)CCCSCSCCCC(C)(C)C. The second-order valence-electron chi connectivity index (χ2n) is 7.26. The maximum absolute atomic E-state index is 2.33. The molecule has 2 heteroatoms. The van der Waals surface area contributed by atoms with E-state index in [4.69, 9.17) is 0 Å². The van der Waals surface area contributed by atoms with Crippen LogP contribution < -0.4 is 0 Å². The van der Waals surface area contributed by atoms with Gasteiger partial charge in [-0.3, -0.25) is 0 Å². The second kappa shape index (κ2) is 8.74. The molecule has 0 nitrogen and oxygen atoms in total. The third-order valence-corrected chi connectivity index (χ3v) is 5.09. The monoisotopic (exact) mass is 276 g/mol. The Morgan fingerprint density at radius 1 is 0.647 bits per heavy atom. The van der Waals surface area contributed by atoms with Crippen LogP contribution >= 0.6 is 23.5 Å². The molecule has 0 aromatic rings. The molecule has 0 rings (SSSR count). The lowest BCUT2D eigenvalue weighted by molar-refractivity contribution is 0.374. The van der Waals surface area contributed by atoms with Crippen LogP contribution in [0.25, 0.3) is 0 Å². The molecule has 17 heavy (non-hydrogen) atoms. The lowest BCUT2D eigenvalue weighted by Crippen LogP contribution is -2.05. The minimum atomic E-state index is 0.514. The maximum atomic E-state index is 2.33. The second-order valence-corrected chi connectivity index (χ2v) is 9.84. The van der Waals surface area contributed by atoms with Crippen LogP contribution in [0.15, 0.2) is 0 Å². The van der Waals surface area contributed by atoms with Crippen molar-refractivity contribution in [1.29, 1.82) is 0 Å². The predicted molar refractivity (Wildman–Crippen MR) is 87.2 cm³/mol. The molecule has 0 saturated heterocycles. The Labute approximate surface area is 118 Å². The molecule has 0 radical (unpaired) electrons. The van der Waals surface area contributed by atoms with Crippen molar-refractivity contribution in [3.05, 3.63) is 0 Å². The molecule has 0 unspecified atom stereocenters. The van der Waals surface area contributed by atoms with Gasteiger partial charge in [0, 0.05) is 5.08 Å². The Morgan fingerprint density at radius 2 is 1.00 bits per heavy atom. The summed E-state index contributed by atoms with van der Waals surface area (Å²) in [6, 6.07) is 0. The van der Waals surface area contributed by atoms with Gasteiger partial charge < -0.3 is 0 Å². The van der Waals surface area contributed by atoms with Crippen LogP contribution in [-0.4, -0.2) is 16.6 Å². The van der Waals surface area contributed by atoms with Gasteiger partial charge in [0.05, 0.1) is 0 Å². The summed E-state index contributed by atoms with van der Waals surface area (Å²) < 4.78 is 0. The van der Waals surface area contributed by atoms with E-state index in [0.717, 1.165) is 0 Å². The summed E-state index contributed by atoms with van der Waals surface area (Å²) in [7, 11) is 0. The summed E-state index contributed by atoms with van der Waals surface area (Å²) in [6.45, 7) is 14.0. The smallest absolute Gasteiger partial charge is 0.0392 e. The van der Waals surface area contributed by atoms with E-state index in [-0.39, 0.29) is 0 Å². The van der Waals surface area contributed by atoms with Crippen molar-refractivity contribution in [3.63, 3.8) is 0 Å². The van der Waals surface area contributed by atoms with E-state index in [1.165, 1.54) is 42.3 Å². The van der Waals surface area contributed by atoms with Crippen LogP contribution in [0.3, 0.4) is 0 Å². The molecule has 0 atom stereocenters. The van der Waals surface area contributed by atoms with Gasteiger partial charge in [-0.1, -0.05) is 41.5 Å². The predicted octanol–water partition coefficient (Wildman–Crippen LogP) is 6.06. The minimum Gasteiger partial charge on any atom is -0.151 e. The molecule has 0 aromatic heterocycles. The quantitative estimate of drug-likeness (QED) is 0.390. The van der Waals surface area contributed by atoms with Gasteiger partial charge in [0.1, 0.15) is 0 Å². The van der Waals surface area contributed by atoms with Crippen LogP contribution in [0, 0.1) is 10.8 Å². The van der Waals surface area contributed by atoms with Crippen LogP contribution in [0.2, 0.25) is 0 Å². The number of hydrogen-bond donors (Lipinski definition) is 0. The Morgan fingerprint density at radius 3 is 1.29 bits per heavy atom. The molecule has 0 bridgehead atoms. The van der Waals surface area contributed by atoms with Gasteiger partial charge in [0.2, 0.25) is 0 Å². The lowest BCUT2D eigenvalue weighted by Gasteiger charge is -2.17. The Kier molecular flexibility index (Phi) is 9.10. The zero-order valence-corrected chi connectivity index (χ0v) is 14.4. The van der Waals surface area contributed by atoms with Gasteiger partial charge in [-0.05, 0) is 48.0 Å². The molecule has 0 amide bonds. The molecule has 0 aliphatic carbocycles. The summed E-state index contributed by atoms with van der Waals surface area (Å²) in [5.74, 6) is 2.67. The zero-order valence-electron chi connectivity index (χ0n) is 12.8. The largest absolute Gasteiger partial charge is 0.151 e. The summed E-state index contributed by atoms with van der Waals surface area (Å²) in [5.41, 5.74) is 1.03. The zero-order chi connectivity index (χ0) is 13.4. The van der Waals surface area contributed by atoms with E-state index >= 15 is 0 Å². The number of rotatable bonds is 8. The van der Waals surface area contributed by atoms with Gasteiger partial charge in [0.15, 0.2) is 0 Å². The van der Waals surface area contributed by atoms with Gasteiger partial charge in [-0.2, -0.15) is 23.5 Å². The number of thioether (sulfide) groups is 2. The third kappa shape index (κ3) is 16.7. The maximum Gasteiger partial charge on any atom is 0.0392 e. The van der Waals surface area contributed by atoms with E-state index in [2.05, 4.69) is 65.1 Å². The average molecular weight is 277 g/mol. The van der Waals surface area contributed by atoms with E-state index in [1.807, 2.05) is 0 Å². The first-order valence-electron chi connectivity index (χ1n) is 6.86. The van der Waals surface area contributed by atoms with Gasteiger partial charge >= 0.3 is 0 Å². The first-order chi connectivity index (χ1) is 7.71. The molecule has 0 N–H and O–H groups in total. The molecule has 104 valence electrons. The Balaban J connectivity index is 3.15. The minimum absolute atomic E-state index is 0.514.